The van der Waals surface area contributed by atoms with Crippen LogP contribution in [0.2, 0.25) is 5.02 Å². The number of nitrogens with zero attached hydrogens (tertiary/aromatic N) is 4. The van der Waals surface area contributed by atoms with Gasteiger partial charge in [0.1, 0.15) is 0 Å². The van der Waals surface area contributed by atoms with Gasteiger partial charge in [-0.1, -0.05) is 48.4 Å². The molecule has 1 aliphatic rings. The molecule has 33 heavy (non-hydrogen) atoms. The minimum Gasteiger partial charge on any atom is -0.304 e. The van der Waals surface area contributed by atoms with Gasteiger partial charge in [-0.3, -0.25) is 0 Å². The van der Waals surface area contributed by atoms with Crippen LogP contribution in [0, 0.1) is 0 Å². The Labute approximate surface area is 205 Å². The highest BCUT2D eigenvalue weighted by Gasteiger charge is 2.27. The monoisotopic (exact) mass is 505 g/mol. The Morgan fingerprint density at radius 3 is 2.36 bits per heavy atom. The summed E-state index contributed by atoms with van der Waals surface area (Å²) in [6.07, 6.45) is 4.13. The van der Waals surface area contributed by atoms with Crippen LogP contribution >= 0.6 is 24.2 Å². The summed E-state index contributed by atoms with van der Waals surface area (Å²) in [4.78, 5) is 2.57. The van der Waals surface area contributed by atoms with Gasteiger partial charge in [0.05, 0.1) is 10.9 Å². The second kappa shape index (κ2) is 11.0. The molecule has 3 aromatic rings. The molecule has 1 unspecified atom stereocenters. The first kappa shape index (κ1) is 24.2. The molecule has 0 spiro atoms. The molecule has 2 heterocycles. The van der Waals surface area contributed by atoms with Crippen LogP contribution in [-0.2, 0) is 23.0 Å². The number of hydrogen-bond donors (Lipinski definition) is 2. The van der Waals surface area contributed by atoms with Gasteiger partial charge in [0, 0.05) is 18.1 Å². The van der Waals surface area contributed by atoms with E-state index in [1.165, 1.54) is 31.4 Å². The molecule has 1 saturated heterocycles. The van der Waals surface area contributed by atoms with E-state index >= 15 is 0 Å². The van der Waals surface area contributed by atoms with Crippen molar-refractivity contribution >= 4 is 34.3 Å². The van der Waals surface area contributed by atoms with Crippen molar-refractivity contribution < 1.29 is 8.42 Å². The first-order chi connectivity index (χ1) is 15.9. The van der Waals surface area contributed by atoms with Crippen molar-refractivity contribution in [2.45, 2.75) is 48.3 Å². The van der Waals surface area contributed by atoms with Crippen LogP contribution in [-0.4, -0.2) is 47.7 Å². The molecular weight excluding hydrogens is 478 g/mol. The van der Waals surface area contributed by atoms with E-state index in [1.54, 1.807) is 12.1 Å². The van der Waals surface area contributed by atoms with Crippen LogP contribution in [0.3, 0.4) is 0 Å². The lowest BCUT2D eigenvalue weighted by atomic mass is 10.1. The summed E-state index contributed by atoms with van der Waals surface area (Å²) in [6, 6.07) is 15.3. The van der Waals surface area contributed by atoms with Crippen LogP contribution in [0.15, 0.2) is 64.6 Å². The Morgan fingerprint density at radius 2 is 1.67 bits per heavy atom. The lowest BCUT2D eigenvalue weighted by Gasteiger charge is -2.27. The van der Waals surface area contributed by atoms with Crippen molar-refractivity contribution in [3.63, 3.8) is 0 Å². The maximum absolute atomic E-state index is 13.2. The van der Waals surface area contributed by atoms with E-state index in [1.807, 2.05) is 34.9 Å². The standard InChI is InChI=1S/C23H28ClN5O2S2/c24-19-9-11-20(12-10-19)33(30,31)27-21(17-18-7-3-1-4-8-18)22-25-26-23(32)29(22)16-15-28-13-5-2-6-14-28/h1,3-4,7-12,21,27H,2,5-6,13-17H2,(H,26,32). The Hall–Kier alpha value is -1.91. The fourth-order valence-corrected chi connectivity index (χ4v) is 5.67. The summed E-state index contributed by atoms with van der Waals surface area (Å²) < 4.78 is 31.2. The topological polar surface area (TPSA) is 80.1 Å². The number of aromatic nitrogens is 3. The normalized spacial score (nSPS) is 16.1. The second-order valence-electron chi connectivity index (χ2n) is 8.23. The fraction of sp³-hybridized carbons (Fsp3) is 0.391. The smallest absolute Gasteiger partial charge is 0.241 e. The molecule has 7 nitrogen and oxygen atoms in total. The van der Waals surface area contributed by atoms with Gasteiger partial charge in [-0.05, 0) is 62.2 Å². The molecule has 4 rings (SSSR count). The lowest BCUT2D eigenvalue weighted by Crippen LogP contribution is -2.35. The van der Waals surface area contributed by atoms with E-state index in [0.717, 1.165) is 25.2 Å². The predicted molar refractivity (Wildman–Crippen MR) is 132 cm³/mol. The summed E-state index contributed by atoms with van der Waals surface area (Å²) in [5.41, 5.74) is 0.993. The fourth-order valence-electron chi connectivity index (χ4n) is 4.11. The molecular formula is C23H28ClN5O2S2. The quantitative estimate of drug-likeness (QED) is 0.430. The van der Waals surface area contributed by atoms with Gasteiger partial charge in [0.25, 0.3) is 0 Å². The number of nitrogens with one attached hydrogen (secondary N) is 1. The molecule has 1 fully saturated rings. The molecule has 0 bridgehead atoms. The van der Waals surface area contributed by atoms with Crippen LogP contribution < -0.4 is 4.72 Å². The molecule has 0 aliphatic carbocycles. The van der Waals surface area contributed by atoms with Crippen molar-refractivity contribution in [3.05, 3.63) is 71.0 Å². The zero-order chi connectivity index (χ0) is 23.3. The largest absolute Gasteiger partial charge is 0.304 e. The maximum atomic E-state index is 13.2. The van der Waals surface area contributed by atoms with Gasteiger partial charge in [-0.25, -0.2) is 13.1 Å². The summed E-state index contributed by atoms with van der Waals surface area (Å²) in [6.45, 7) is 3.65. The Morgan fingerprint density at radius 1 is 0.970 bits per heavy atom. The summed E-state index contributed by atoms with van der Waals surface area (Å²) in [7, 11) is -3.81. The van der Waals surface area contributed by atoms with Gasteiger partial charge in [-0.15, -0.1) is 22.8 Å². The van der Waals surface area contributed by atoms with Crippen LogP contribution in [0.1, 0.15) is 36.7 Å². The third-order valence-corrected chi connectivity index (χ3v) is 7.93. The zero-order valence-electron chi connectivity index (χ0n) is 18.3. The predicted octanol–water partition coefficient (Wildman–Crippen LogP) is 3.97. The van der Waals surface area contributed by atoms with Gasteiger partial charge in [-0.2, -0.15) is 0 Å². The highest BCUT2D eigenvalue weighted by molar-refractivity contribution is 7.89. The number of halogens is 1. The molecule has 1 aliphatic heterocycles. The third-order valence-electron chi connectivity index (χ3n) is 5.86. The average Bonchev–Trinajstić information content (AvgIpc) is 3.19. The molecule has 0 radical (unpaired) electrons. The number of hydrogen-bond acceptors (Lipinski definition) is 6. The number of rotatable bonds is 9. The maximum Gasteiger partial charge on any atom is 0.241 e. The minimum atomic E-state index is -3.81. The van der Waals surface area contributed by atoms with E-state index < -0.39 is 16.1 Å². The van der Waals surface area contributed by atoms with Crippen molar-refractivity contribution in [2.24, 2.45) is 0 Å². The van der Waals surface area contributed by atoms with Crippen molar-refractivity contribution in [3.8, 4) is 0 Å². The van der Waals surface area contributed by atoms with E-state index in [0.29, 0.717) is 29.0 Å². The molecule has 1 aromatic heterocycles. The molecule has 10 heteroatoms. The number of benzene rings is 2. The first-order valence-electron chi connectivity index (χ1n) is 11.1. The molecule has 0 amide bonds. The minimum absolute atomic E-state index is 0.149. The molecule has 176 valence electrons. The lowest BCUT2D eigenvalue weighted by molar-refractivity contribution is 0.217. The number of sulfonamides is 1. The number of thiol groups is 1. The Bertz CT molecular complexity index is 1150. The molecule has 1 atom stereocenters. The van der Waals surface area contributed by atoms with Crippen molar-refractivity contribution in [1.29, 1.82) is 0 Å². The van der Waals surface area contributed by atoms with Crippen molar-refractivity contribution in [2.75, 3.05) is 19.6 Å². The van der Waals surface area contributed by atoms with E-state index in [4.69, 9.17) is 11.6 Å². The third kappa shape index (κ3) is 6.36. The van der Waals surface area contributed by atoms with Crippen LogP contribution in [0.4, 0.5) is 0 Å². The molecule has 1 N–H and O–H groups in total. The van der Waals surface area contributed by atoms with Gasteiger partial charge in [0.2, 0.25) is 10.0 Å². The van der Waals surface area contributed by atoms with E-state index in [9.17, 15) is 8.42 Å². The van der Waals surface area contributed by atoms with E-state index in [2.05, 4.69) is 32.4 Å². The summed E-state index contributed by atoms with van der Waals surface area (Å²) in [5, 5.41) is 9.46. The zero-order valence-corrected chi connectivity index (χ0v) is 20.7. The first-order valence-corrected chi connectivity index (χ1v) is 13.4. The number of piperidine rings is 1. The summed E-state index contributed by atoms with van der Waals surface area (Å²) in [5.74, 6) is 0.554. The molecule has 2 aromatic carbocycles. The Kier molecular flexibility index (Phi) is 8.08. The summed E-state index contributed by atoms with van der Waals surface area (Å²) >= 11 is 10.5. The van der Waals surface area contributed by atoms with Gasteiger partial charge < -0.3 is 9.47 Å². The molecule has 0 saturated carbocycles. The SMILES string of the molecule is O=S(=O)(NC(Cc1ccccc1)c1nnc(S)n1CCN1CCCCC1)c1ccc(Cl)cc1. The second-order valence-corrected chi connectivity index (χ2v) is 10.8. The number of likely N-dealkylation sites (tertiary alicyclic amines) is 1. The van der Waals surface area contributed by atoms with Gasteiger partial charge >= 0.3 is 0 Å². The van der Waals surface area contributed by atoms with Crippen molar-refractivity contribution in [1.82, 2.24) is 24.4 Å². The highest BCUT2D eigenvalue weighted by Crippen LogP contribution is 2.23. The van der Waals surface area contributed by atoms with Crippen LogP contribution in [0.5, 0.6) is 0 Å². The average molecular weight is 506 g/mol. The Balaban J connectivity index is 1.61. The van der Waals surface area contributed by atoms with Gasteiger partial charge in [0.15, 0.2) is 11.0 Å². The van der Waals surface area contributed by atoms with E-state index in [-0.39, 0.29) is 4.90 Å². The highest BCUT2D eigenvalue weighted by atomic mass is 35.5. The van der Waals surface area contributed by atoms with Crippen LogP contribution in [0.25, 0.3) is 0 Å².